The molecular formula is C79H124NO8P. The molecule has 0 aliphatic rings. The fraction of sp³-hybridized carbons (Fsp3) is 0.544. The summed E-state index contributed by atoms with van der Waals surface area (Å²) in [5.41, 5.74) is 5.39. The Balaban J connectivity index is 4.05. The fourth-order valence-corrected chi connectivity index (χ4v) is 9.41. The maximum absolute atomic E-state index is 12.7. The minimum atomic E-state index is -4.42. The van der Waals surface area contributed by atoms with E-state index in [9.17, 15) is 19.0 Å². The van der Waals surface area contributed by atoms with Crippen LogP contribution in [0, 0.1) is 0 Å². The average molecular weight is 1250 g/mol. The van der Waals surface area contributed by atoms with Gasteiger partial charge in [0.25, 0.3) is 0 Å². The van der Waals surface area contributed by atoms with Crippen LogP contribution < -0.4 is 5.73 Å². The Morgan fingerprint density at radius 1 is 0.337 bits per heavy atom. The van der Waals surface area contributed by atoms with E-state index >= 15 is 0 Å². The molecule has 0 aromatic rings. The Morgan fingerprint density at radius 2 is 0.584 bits per heavy atom. The number of carbonyl (C=O) groups is 2. The number of phosphoric acid groups is 1. The molecule has 2 atom stereocenters. The minimum absolute atomic E-state index is 0.0351. The van der Waals surface area contributed by atoms with Gasteiger partial charge in [-0.2, -0.15) is 0 Å². The maximum Gasteiger partial charge on any atom is 0.472 e. The van der Waals surface area contributed by atoms with Gasteiger partial charge in [0.2, 0.25) is 0 Å². The quantitative estimate of drug-likeness (QED) is 0.0264. The molecule has 0 aromatic carbocycles. The molecule has 0 rings (SSSR count). The van der Waals surface area contributed by atoms with Gasteiger partial charge in [-0.05, 0) is 148 Å². The summed E-state index contributed by atoms with van der Waals surface area (Å²) in [5.74, 6) is -0.894. The largest absolute Gasteiger partial charge is 0.472 e. The standard InChI is InChI=1S/C79H124NO8P/c1-3-5-7-9-11-13-15-17-19-21-23-25-27-29-31-33-35-37-38-40-41-43-45-47-49-51-53-55-57-59-61-63-65-67-69-71-78(81)85-75-77(76-87-89(83,84)86-74-73-80)88-79(82)72-70-68-66-64-62-60-58-56-54-52-50-48-46-44-42-39-36-34-32-30-28-26-24-22-20-18-16-14-12-10-8-6-4-2/h5-8,11-14,17-20,23-26,29-32,35-37,39-41,44,46,50,52,56,58,62,64,77H,3-4,9-10,15-16,21-22,27-28,33-34,38,42-43,45,47-49,51,53-55,57,59-61,63,65-76,80H2,1-2H3,(H,83,84)/b7-5-,8-6-,13-11-,14-12-,19-17-,20-18-,25-23-,26-24-,31-29-,32-30-,37-35-,39-36-,41-40-,46-44-,52-50-,58-56-,64-62-. The zero-order valence-corrected chi connectivity index (χ0v) is 56.7. The third kappa shape index (κ3) is 71.5. The Morgan fingerprint density at radius 3 is 0.888 bits per heavy atom. The molecule has 0 aliphatic carbocycles. The van der Waals surface area contributed by atoms with Crippen molar-refractivity contribution in [1.82, 2.24) is 0 Å². The lowest BCUT2D eigenvalue weighted by Gasteiger charge is -2.19. The van der Waals surface area contributed by atoms with E-state index in [1.54, 1.807) is 0 Å². The number of rotatable bonds is 62. The molecule has 0 saturated carbocycles. The fourth-order valence-electron chi connectivity index (χ4n) is 8.64. The molecule has 0 radical (unpaired) electrons. The number of esters is 2. The van der Waals surface area contributed by atoms with Crippen LogP contribution in [-0.2, 0) is 32.7 Å². The zero-order chi connectivity index (χ0) is 64.4. The molecule has 0 aliphatic heterocycles. The lowest BCUT2D eigenvalue weighted by atomic mass is 10.0. The molecule has 0 aromatic heterocycles. The molecule has 9 nitrogen and oxygen atoms in total. The first-order valence-corrected chi connectivity index (χ1v) is 36.1. The number of nitrogens with two attached hydrogens (primary N) is 1. The third-order valence-corrected chi connectivity index (χ3v) is 14.6. The average Bonchev–Trinajstić information content (AvgIpc) is 3.58. The van der Waals surface area contributed by atoms with Crippen LogP contribution in [0.1, 0.15) is 245 Å². The molecule has 0 fully saturated rings. The second kappa shape index (κ2) is 71.7. The number of allylic oxidation sites excluding steroid dienone is 34. The number of ether oxygens (including phenoxy) is 2. The van der Waals surface area contributed by atoms with Gasteiger partial charge in [0.05, 0.1) is 13.2 Å². The molecule has 0 spiro atoms. The number of hydrogen-bond acceptors (Lipinski definition) is 8. The maximum atomic E-state index is 12.7. The van der Waals surface area contributed by atoms with Crippen molar-refractivity contribution >= 4 is 19.8 Å². The van der Waals surface area contributed by atoms with Crippen molar-refractivity contribution in [3.05, 3.63) is 207 Å². The Kier molecular flexibility index (Phi) is 67.3. The van der Waals surface area contributed by atoms with Crippen molar-refractivity contribution in [3.63, 3.8) is 0 Å². The van der Waals surface area contributed by atoms with Crippen LogP contribution in [0.5, 0.6) is 0 Å². The van der Waals surface area contributed by atoms with E-state index in [2.05, 4.69) is 220 Å². The molecule has 0 amide bonds. The number of carbonyl (C=O) groups excluding carboxylic acids is 2. The van der Waals surface area contributed by atoms with Gasteiger partial charge in [-0.3, -0.25) is 18.6 Å². The van der Waals surface area contributed by atoms with E-state index in [-0.39, 0.29) is 32.6 Å². The van der Waals surface area contributed by atoms with Gasteiger partial charge in [0, 0.05) is 19.4 Å². The molecule has 0 saturated heterocycles. The molecule has 2 unspecified atom stereocenters. The highest BCUT2D eigenvalue weighted by Crippen LogP contribution is 2.43. The normalized spacial score (nSPS) is 14.2. The summed E-state index contributed by atoms with van der Waals surface area (Å²) in [6.45, 7) is 3.44. The SMILES string of the molecule is CC/C=C\C/C=C\C/C=C\C/C=C\C/C=C\C/C=C\C/C=C\C/C=C\C/C=C\C/C=C\CCCCC(=O)OC(COC(=O)CCCCCCCCCCCCCCC/C=C\C/C=C\C/C=C\C/C=C\C/C=C\C/C=C\C/C=C\CC)COP(=O)(O)OCCN. The predicted octanol–water partition coefficient (Wildman–Crippen LogP) is 23.1. The van der Waals surface area contributed by atoms with Gasteiger partial charge in [0.15, 0.2) is 6.10 Å². The first kappa shape index (κ1) is 83.6. The van der Waals surface area contributed by atoms with Crippen molar-refractivity contribution in [1.29, 1.82) is 0 Å². The van der Waals surface area contributed by atoms with Crippen molar-refractivity contribution in [2.45, 2.75) is 251 Å². The van der Waals surface area contributed by atoms with Gasteiger partial charge < -0.3 is 20.1 Å². The number of hydrogen-bond donors (Lipinski definition) is 2. The summed E-state index contributed by atoms with van der Waals surface area (Å²) >= 11 is 0. The van der Waals surface area contributed by atoms with Gasteiger partial charge in [-0.1, -0.05) is 291 Å². The van der Waals surface area contributed by atoms with Crippen LogP contribution >= 0.6 is 7.82 Å². The molecular weight excluding hydrogens is 1120 g/mol. The van der Waals surface area contributed by atoms with Crippen molar-refractivity contribution in [2.75, 3.05) is 26.4 Å². The van der Waals surface area contributed by atoms with E-state index in [1.165, 1.54) is 64.2 Å². The monoisotopic (exact) mass is 1250 g/mol. The summed E-state index contributed by atoms with van der Waals surface area (Å²) in [6, 6.07) is 0. The summed E-state index contributed by atoms with van der Waals surface area (Å²) in [6.07, 6.45) is 111. The molecule has 0 bridgehead atoms. The smallest absolute Gasteiger partial charge is 0.462 e. The summed E-state index contributed by atoms with van der Waals surface area (Å²) < 4.78 is 33.1. The molecule has 89 heavy (non-hydrogen) atoms. The molecule has 3 N–H and O–H groups in total. The van der Waals surface area contributed by atoms with Gasteiger partial charge in [0.1, 0.15) is 6.61 Å². The highest BCUT2D eigenvalue weighted by Gasteiger charge is 2.26. The van der Waals surface area contributed by atoms with Crippen LogP contribution in [-0.4, -0.2) is 49.3 Å². The highest BCUT2D eigenvalue weighted by atomic mass is 31.2. The Labute approximate surface area is 544 Å². The molecule has 498 valence electrons. The van der Waals surface area contributed by atoms with Crippen molar-refractivity contribution < 1.29 is 37.6 Å². The van der Waals surface area contributed by atoms with Gasteiger partial charge >= 0.3 is 19.8 Å². The summed E-state index contributed by atoms with van der Waals surface area (Å²) in [4.78, 5) is 35.3. The first-order chi connectivity index (χ1) is 43.8. The molecule has 0 heterocycles. The summed E-state index contributed by atoms with van der Waals surface area (Å²) in [7, 11) is -4.42. The van der Waals surface area contributed by atoms with E-state index in [1.807, 2.05) is 0 Å². The number of unbranched alkanes of at least 4 members (excludes halogenated alkanes) is 15. The van der Waals surface area contributed by atoms with Crippen LogP contribution in [0.4, 0.5) is 0 Å². The van der Waals surface area contributed by atoms with Crippen molar-refractivity contribution in [2.24, 2.45) is 5.73 Å². The second-order valence-electron chi connectivity index (χ2n) is 21.9. The second-order valence-corrected chi connectivity index (χ2v) is 23.4. The van der Waals surface area contributed by atoms with Crippen LogP contribution in [0.25, 0.3) is 0 Å². The van der Waals surface area contributed by atoms with Crippen LogP contribution in [0.2, 0.25) is 0 Å². The first-order valence-electron chi connectivity index (χ1n) is 34.6. The van der Waals surface area contributed by atoms with E-state index in [4.69, 9.17) is 24.3 Å². The van der Waals surface area contributed by atoms with E-state index < -0.39 is 32.5 Å². The predicted molar refractivity (Wildman–Crippen MR) is 385 cm³/mol. The Hall–Kier alpha value is -5.41. The lowest BCUT2D eigenvalue weighted by Crippen LogP contribution is -2.29. The minimum Gasteiger partial charge on any atom is -0.462 e. The van der Waals surface area contributed by atoms with Crippen LogP contribution in [0.15, 0.2) is 207 Å². The van der Waals surface area contributed by atoms with E-state index in [0.717, 1.165) is 141 Å². The van der Waals surface area contributed by atoms with E-state index in [0.29, 0.717) is 12.8 Å². The van der Waals surface area contributed by atoms with Gasteiger partial charge in [-0.15, -0.1) is 0 Å². The van der Waals surface area contributed by atoms with Crippen molar-refractivity contribution in [3.8, 4) is 0 Å². The van der Waals surface area contributed by atoms with Crippen LogP contribution in [0.3, 0.4) is 0 Å². The van der Waals surface area contributed by atoms with Gasteiger partial charge in [-0.25, -0.2) is 4.57 Å². The third-order valence-electron chi connectivity index (χ3n) is 13.7. The lowest BCUT2D eigenvalue weighted by molar-refractivity contribution is -0.161. The zero-order valence-electron chi connectivity index (χ0n) is 55.8. The highest BCUT2D eigenvalue weighted by molar-refractivity contribution is 7.47. The summed E-state index contributed by atoms with van der Waals surface area (Å²) in [5, 5.41) is 0. The Bertz CT molecular complexity index is 2210. The topological polar surface area (TPSA) is 134 Å². The number of phosphoric ester groups is 1. The molecule has 10 heteroatoms.